The number of Topliss-reactive ketones (excluding diaryl/α,β-unsaturated/α-hetero) is 1. The van der Waals surface area contributed by atoms with Gasteiger partial charge in [0.05, 0.1) is 13.2 Å². The zero-order chi connectivity index (χ0) is 20.4. The molecule has 29 heavy (non-hydrogen) atoms. The van der Waals surface area contributed by atoms with Crippen molar-refractivity contribution in [2.45, 2.75) is 31.9 Å². The summed E-state index contributed by atoms with van der Waals surface area (Å²) in [5.74, 6) is 0.819. The monoisotopic (exact) mass is 412 g/mol. The number of ether oxygens (including phenoxy) is 2. The van der Waals surface area contributed by atoms with E-state index in [-0.39, 0.29) is 24.2 Å². The van der Waals surface area contributed by atoms with Crippen molar-refractivity contribution >= 4 is 23.1 Å². The maximum absolute atomic E-state index is 13.8. The molecule has 2 aliphatic rings. The molecule has 2 N–H and O–H groups in total. The van der Waals surface area contributed by atoms with E-state index in [0.717, 1.165) is 29.7 Å². The third-order valence-corrected chi connectivity index (χ3v) is 5.37. The van der Waals surface area contributed by atoms with Gasteiger partial charge in [-0.15, -0.1) is 0 Å². The van der Waals surface area contributed by atoms with Gasteiger partial charge in [-0.25, -0.2) is 4.39 Å². The highest BCUT2D eigenvalue weighted by atomic mass is 32.1. The minimum atomic E-state index is -0.332. The lowest BCUT2D eigenvalue weighted by molar-refractivity contribution is -0.116. The summed E-state index contributed by atoms with van der Waals surface area (Å²) in [6.07, 6.45) is 2.17. The molecule has 1 atom stereocenters. The van der Waals surface area contributed by atoms with Crippen LogP contribution in [0.15, 0.2) is 53.7 Å². The Kier molecular flexibility index (Phi) is 5.49. The van der Waals surface area contributed by atoms with Crippen LogP contribution < -0.4 is 20.1 Å². The second-order valence-electron chi connectivity index (χ2n) is 6.99. The summed E-state index contributed by atoms with van der Waals surface area (Å²) in [5, 5.41) is 6.82. The first-order chi connectivity index (χ1) is 14.1. The second-order valence-corrected chi connectivity index (χ2v) is 7.40. The van der Waals surface area contributed by atoms with Crippen molar-refractivity contribution in [2.75, 3.05) is 7.11 Å². The molecule has 0 saturated heterocycles. The van der Waals surface area contributed by atoms with Crippen molar-refractivity contribution in [3.63, 3.8) is 0 Å². The first kappa shape index (κ1) is 19.4. The van der Waals surface area contributed by atoms with Gasteiger partial charge in [0.2, 0.25) is 0 Å². The van der Waals surface area contributed by atoms with Crippen LogP contribution in [0.1, 0.15) is 36.4 Å². The molecule has 0 radical (unpaired) electrons. The van der Waals surface area contributed by atoms with Crippen LogP contribution in [0.3, 0.4) is 0 Å². The van der Waals surface area contributed by atoms with E-state index in [1.165, 1.54) is 6.07 Å². The number of allylic oxidation sites excluding steroid dienone is 1. The fourth-order valence-corrected chi connectivity index (χ4v) is 3.95. The van der Waals surface area contributed by atoms with Gasteiger partial charge in [0, 0.05) is 23.3 Å². The molecule has 5 nitrogen and oxygen atoms in total. The fourth-order valence-electron chi connectivity index (χ4n) is 3.71. The molecule has 0 aromatic heterocycles. The zero-order valence-corrected chi connectivity index (χ0v) is 16.8. The molecule has 0 amide bonds. The topological polar surface area (TPSA) is 59.6 Å². The number of carbonyl (C=O) groups excluding carboxylic acids is 1. The summed E-state index contributed by atoms with van der Waals surface area (Å²) in [5.41, 5.74) is 2.94. The third-order valence-electron chi connectivity index (χ3n) is 5.15. The molecule has 4 rings (SSSR count). The van der Waals surface area contributed by atoms with E-state index in [9.17, 15) is 9.18 Å². The van der Waals surface area contributed by atoms with E-state index >= 15 is 0 Å². The van der Waals surface area contributed by atoms with E-state index in [1.54, 1.807) is 31.4 Å². The lowest BCUT2D eigenvalue weighted by Crippen LogP contribution is -2.46. The Morgan fingerprint density at radius 2 is 2.00 bits per heavy atom. The number of halogens is 1. The van der Waals surface area contributed by atoms with Crippen LogP contribution in [0.4, 0.5) is 4.39 Å². The molecule has 7 heteroatoms. The Balaban J connectivity index is 1.61. The molecule has 1 aliphatic heterocycles. The van der Waals surface area contributed by atoms with Crippen molar-refractivity contribution in [1.82, 2.24) is 10.6 Å². The van der Waals surface area contributed by atoms with Crippen LogP contribution in [-0.2, 0) is 11.4 Å². The molecule has 1 heterocycles. The SMILES string of the molecule is COc1cc(C2NC(=S)NC3=C2C(=O)CCC3)ccc1OCc1ccccc1F. The van der Waals surface area contributed by atoms with Crippen molar-refractivity contribution in [3.8, 4) is 11.5 Å². The third kappa shape index (κ3) is 3.96. The molecule has 2 aromatic rings. The van der Waals surface area contributed by atoms with Gasteiger partial charge in [-0.3, -0.25) is 4.79 Å². The number of thiocarbonyl (C=S) groups is 1. The lowest BCUT2D eigenvalue weighted by atomic mass is 9.85. The largest absolute Gasteiger partial charge is 0.493 e. The molecule has 0 spiro atoms. The number of methoxy groups -OCH3 is 1. The Morgan fingerprint density at radius 1 is 1.17 bits per heavy atom. The van der Waals surface area contributed by atoms with Crippen molar-refractivity contribution in [1.29, 1.82) is 0 Å². The molecule has 2 aromatic carbocycles. The van der Waals surface area contributed by atoms with E-state index in [1.807, 2.05) is 12.1 Å². The van der Waals surface area contributed by atoms with Gasteiger partial charge in [0.25, 0.3) is 0 Å². The predicted molar refractivity (Wildman–Crippen MR) is 111 cm³/mol. The lowest BCUT2D eigenvalue weighted by Gasteiger charge is -2.34. The van der Waals surface area contributed by atoms with Crippen LogP contribution in [0.25, 0.3) is 0 Å². The zero-order valence-electron chi connectivity index (χ0n) is 16.0. The van der Waals surface area contributed by atoms with Gasteiger partial charge in [0.15, 0.2) is 22.4 Å². The first-order valence-electron chi connectivity index (χ1n) is 9.44. The Hall–Kier alpha value is -2.93. The smallest absolute Gasteiger partial charge is 0.171 e. The van der Waals surface area contributed by atoms with E-state index in [4.69, 9.17) is 21.7 Å². The molecular formula is C22H21FN2O3S. The summed E-state index contributed by atoms with van der Waals surface area (Å²) in [7, 11) is 1.55. The predicted octanol–water partition coefficient (Wildman–Crippen LogP) is 3.94. The number of benzene rings is 2. The highest BCUT2D eigenvalue weighted by molar-refractivity contribution is 7.80. The maximum atomic E-state index is 13.8. The fraction of sp³-hybridized carbons (Fsp3) is 0.273. The Morgan fingerprint density at radius 3 is 2.79 bits per heavy atom. The van der Waals surface area contributed by atoms with Gasteiger partial charge in [-0.05, 0) is 48.8 Å². The standard InChI is InChI=1S/C22H21FN2O3S/c1-27-19-11-13(9-10-18(19)28-12-14-5-2-3-6-15(14)23)21-20-16(24-22(29)25-21)7-4-8-17(20)26/h2-3,5-6,9-11,21H,4,7-8,12H2,1H3,(H2,24,25,29). The second kappa shape index (κ2) is 8.21. The number of rotatable bonds is 5. The number of ketones is 1. The summed E-state index contributed by atoms with van der Waals surface area (Å²) in [6.45, 7) is 0.0891. The van der Waals surface area contributed by atoms with Gasteiger partial charge in [0.1, 0.15) is 12.4 Å². The van der Waals surface area contributed by atoms with E-state index in [2.05, 4.69) is 10.6 Å². The number of hydrogen-bond acceptors (Lipinski definition) is 4. The van der Waals surface area contributed by atoms with Crippen LogP contribution in [0.2, 0.25) is 0 Å². The maximum Gasteiger partial charge on any atom is 0.171 e. The molecular weight excluding hydrogens is 391 g/mol. The van der Waals surface area contributed by atoms with Crippen molar-refractivity contribution in [3.05, 3.63) is 70.7 Å². The molecule has 1 unspecified atom stereocenters. The highest BCUT2D eigenvalue weighted by Gasteiger charge is 2.33. The van der Waals surface area contributed by atoms with Crippen molar-refractivity contribution < 1.29 is 18.7 Å². The number of hydrogen-bond donors (Lipinski definition) is 2. The number of nitrogens with one attached hydrogen (secondary N) is 2. The highest BCUT2D eigenvalue weighted by Crippen LogP contribution is 2.37. The molecule has 0 bridgehead atoms. The first-order valence-corrected chi connectivity index (χ1v) is 9.85. The van der Waals surface area contributed by atoms with E-state index < -0.39 is 0 Å². The summed E-state index contributed by atoms with van der Waals surface area (Å²) >= 11 is 5.33. The Labute approximate surface area is 173 Å². The van der Waals surface area contributed by atoms with Gasteiger partial charge >= 0.3 is 0 Å². The van der Waals surface area contributed by atoms with Crippen LogP contribution in [0, 0.1) is 5.82 Å². The minimum absolute atomic E-state index is 0.0891. The quantitative estimate of drug-likeness (QED) is 0.726. The molecule has 0 fully saturated rings. The summed E-state index contributed by atoms with van der Waals surface area (Å²) < 4.78 is 25.1. The van der Waals surface area contributed by atoms with E-state index in [0.29, 0.717) is 28.6 Å². The van der Waals surface area contributed by atoms with Gasteiger partial charge in [-0.2, -0.15) is 0 Å². The van der Waals surface area contributed by atoms with Crippen LogP contribution >= 0.6 is 12.2 Å². The van der Waals surface area contributed by atoms with Crippen molar-refractivity contribution in [2.24, 2.45) is 0 Å². The average Bonchev–Trinajstić information content (AvgIpc) is 2.72. The van der Waals surface area contributed by atoms with Crippen LogP contribution in [0.5, 0.6) is 11.5 Å². The molecule has 150 valence electrons. The summed E-state index contributed by atoms with van der Waals surface area (Å²) in [4.78, 5) is 12.6. The van der Waals surface area contributed by atoms with Gasteiger partial charge < -0.3 is 20.1 Å². The Bertz CT molecular complexity index is 1010. The van der Waals surface area contributed by atoms with Crippen LogP contribution in [-0.4, -0.2) is 18.0 Å². The van der Waals surface area contributed by atoms with Gasteiger partial charge in [-0.1, -0.05) is 24.3 Å². The summed E-state index contributed by atoms with van der Waals surface area (Å²) in [6, 6.07) is 11.6. The molecule has 0 saturated carbocycles. The normalized spacial score (nSPS) is 18.6. The molecule has 1 aliphatic carbocycles. The number of carbonyl (C=O) groups is 1. The minimum Gasteiger partial charge on any atom is -0.493 e. The average molecular weight is 412 g/mol.